The van der Waals surface area contributed by atoms with E-state index in [0.29, 0.717) is 6.54 Å². The zero-order valence-electron chi connectivity index (χ0n) is 10.6. The molecule has 1 aromatic heterocycles. The standard InChI is InChI=1S/C12H17ClN2O2/c1-8-6-14-10(9(2)12(8)17-4)7-15(3)11(16)5-13/h6H,5,7H2,1-4H3. The van der Waals surface area contributed by atoms with Crippen LogP contribution in [-0.4, -0.2) is 35.8 Å². The quantitative estimate of drug-likeness (QED) is 0.773. The Morgan fingerprint density at radius 2 is 2.18 bits per heavy atom. The lowest BCUT2D eigenvalue weighted by Gasteiger charge is -2.18. The van der Waals surface area contributed by atoms with Gasteiger partial charge in [-0.1, -0.05) is 0 Å². The summed E-state index contributed by atoms with van der Waals surface area (Å²) in [5, 5.41) is 0. The molecule has 0 bridgehead atoms. The highest BCUT2D eigenvalue weighted by Gasteiger charge is 2.13. The van der Waals surface area contributed by atoms with Gasteiger partial charge in [0.25, 0.3) is 0 Å². The number of pyridine rings is 1. The highest BCUT2D eigenvalue weighted by Crippen LogP contribution is 2.24. The van der Waals surface area contributed by atoms with Crippen LogP contribution in [0, 0.1) is 13.8 Å². The molecular weight excluding hydrogens is 240 g/mol. The van der Waals surface area contributed by atoms with E-state index in [-0.39, 0.29) is 11.8 Å². The van der Waals surface area contributed by atoms with E-state index < -0.39 is 0 Å². The van der Waals surface area contributed by atoms with Crippen LogP contribution >= 0.6 is 11.6 Å². The molecule has 0 unspecified atom stereocenters. The van der Waals surface area contributed by atoms with Gasteiger partial charge in [0.05, 0.1) is 19.3 Å². The van der Waals surface area contributed by atoms with E-state index in [1.807, 2.05) is 13.8 Å². The fourth-order valence-corrected chi connectivity index (χ4v) is 1.85. The van der Waals surface area contributed by atoms with Gasteiger partial charge in [0.1, 0.15) is 11.6 Å². The lowest BCUT2D eigenvalue weighted by molar-refractivity contribution is -0.127. The van der Waals surface area contributed by atoms with E-state index >= 15 is 0 Å². The van der Waals surface area contributed by atoms with Crippen LogP contribution in [0.1, 0.15) is 16.8 Å². The molecule has 0 spiro atoms. The van der Waals surface area contributed by atoms with Crippen LogP contribution in [0.5, 0.6) is 5.75 Å². The Labute approximate surface area is 107 Å². The van der Waals surface area contributed by atoms with Crippen LogP contribution in [-0.2, 0) is 11.3 Å². The van der Waals surface area contributed by atoms with Crippen molar-refractivity contribution < 1.29 is 9.53 Å². The van der Waals surface area contributed by atoms with Crippen LogP contribution in [0.3, 0.4) is 0 Å². The number of amides is 1. The molecule has 0 saturated carbocycles. The second kappa shape index (κ2) is 5.87. The molecule has 0 atom stereocenters. The van der Waals surface area contributed by atoms with E-state index in [9.17, 15) is 4.79 Å². The summed E-state index contributed by atoms with van der Waals surface area (Å²) in [4.78, 5) is 17.3. The number of alkyl halides is 1. The average Bonchev–Trinajstić information content (AvgIpc) is 2.32. The summed E-state index contributed by atoms with van der Waals surface area (Å²) in [6.07, 6.45) is 1.75. The Morgan fingerprint density at radius 3 is 2.71 bits per heavy atom. The van der Waals surface area contributed by atoms with E-state index in [2.05, 4.69) is 4.98 Å². The second-order valence-corrected chi connectivity index (χ2v) is 4.20. The number of carbonyl (C=O) groups is 1. The molecule has 0 N–H and O–H groups in total. The largest absolute Gasteiger partial charge is 0.496 e. The molecule has 0 fully saturated rings. The molecule has 1 amide bonds. The topological polar surface area (TPSA) is 42.4 Å². The number of methoxy groups -OCH3 is 1. The summed E-state index contributed by atoms with van der Waals surface area (Å²) in [5.41, 5.74) is 2.77. The summed E-state index contributed by atoms with van der Waals surface area (Å²) in [7, 11) is 3.34. The molecule has 0 aromatic carbocycles. The predicted octanol–water partition coefficient (Wildman–Crippen LogP) is 1.90. The third-order valence-electron chi connectivity index (χ3n) is 2.68. The number of rotatable bonds is 4. The van der Waals surface area contributed by atoms with Crippen LogP contribution < -0.4 is 4.74 Å². The van der Waals surface area contributed by atoms with Gasteiger partial charge < -0.3 is 9.64 Å². The Hall–Kier alpha value is -1.29. The van der Waals surface area contributed by atoms with Crippen molar-refractivity contribution >= 4 is 17.5 Å². The first-order valence-electron chi connectivity index (χ1n) is 5.30. The number of aryl methyl sites for hydroxylation is 1. The molecule has 0 saturated heterocycles. The van der Waals surface area contributed by atoms with Crippen LogP contribution in [0.15, 0.2) is 6.20 Å². The van der Waals surface area contributed by atoms with Gasteiger partial charge in [-0.05, 0) is 13.8 Å². The normalized spacial score (nSPS) is 10.2. The van der Waals surface area contributed by atoms with Crippen LogP contribution in [0.2, 0.25) is 0 Å². The molecule has 0 aliphatic heterocycles. The number of aromatic nitrogens is 1. The van der Waals surface area contributed by atoms with Crippen molar-refractivity contribution in [1.29, 1.82) is 0 Å². The minimum atomic E-state index is -0.118. The molecule has 0 radical (unpaired) electrons. The van der Waals surface area contributed by atoms with E-state index in [1.165, 1.54) is 0 Å². The summed E-state index contributed by atoms with van der Waals surface area (Å²) in [6, 6.07) is 0. The average molecular weight is 257 g/mol. The molecule has 0 aliphatic carbocycles. The Kier molecular flexibility index (Phi) is 4.75. The smallest absolute Gasteiger partial charge is 0.237 e. The Morgan fingerprint density at radius 1 is 1.53 bits per heavy atom. The lowest BCUT2D eigenvalue weighted by atomic mass is 10.1. The zero-order chi connectivity index (χ0) is 13.0. The number of hydrogen-bond acceptors (Lipinski definition) is 3. The fourth-order valence-electron chi connectivity index (χ4n) is 1.65. The molecule has 1 aromatic rings. The maximum absolute atomic E-state index is 11.4. The molecular formula is C12H17ClN2O2. The molecule has 4 nitrogen and oxygen atoms in total. The number of halogens is 1. The van der Waals surface area contributed by atoms with Crippen molar-refractivity contribution in [1.82, 2.24) is 9.88 Å². The first-order chi connectivity index (χ1) is 8.01. The molecule has 1 heterocycles. The van der Waals surface area contributed by atoms with Crippen molar-refractivity contribution in [2.45, 2.75) is 20.4 Å². The van der Waals surface area contributed by atoms with Gasteiger partial charge in [-0.3, -0.25) is 9.78 Å². The molecule has 17 heavy (non-hydrogen) atoms. The number of carbonyl (C=O) groups excluding carboxylic acids is 1. The van der Waals surface area contributed by atoms with Gasteiger partial charge in [0.2, 0.25) is 5.91 Å². The first kappa shape index (κ1) is 13.8. The van der Waals surface area contributed by atoms with Gasteiger partial charge >= 0.3 is 0 Å². The molecule has 0 aliphatic rings. The van der Waals surface area contributed by atoms with Crippen LogP contribution in [0.4, 0.5) is 0 Å². The van der Waals surface area contributed by atoms with Crippen LogP contribution in [0.25, 0.3) is 0 Å². The summed E-state index contributed by atoms with van der Waals surface area (Å²) in [6.45, 7) is 4.32. The van der Waals surface area contributed by atoms with Crippen molar-refractivity contribution in [2.75, 3.05) is 20.0 Å². The minimum absolute atomic E-state index is 0.0153. The van der Waals surface area contributed by atoms with E-state index in [0.717, 1.165) is 22.6 Å². The van der Waals surface area contributed by atoms with Crippen molar-refractivity contribution in [3.8, 4) is 5.75 Å². The maximum atomic E-state index is 11.4. The highest BCUT2D eigenvalue weighted by molar-refractivity contribution is 6.27. The monoisotopic (exact) mass is 256 g/mol. The van der Waals surface area contributed by atoms with E-state index in [1.54, 1.807) is 25.3 Å². The molecule has 94 valence electrons. The number of ether oxygens (including phenoxy) is 1. The highest BCUT2D eigenvalue weighted by atomic mass is 35.5. The third-order valence-corrected chi connectivity index (χ3v) is 2.91. The Balaban J connectivity index is 2.96. The number of hydrogen-bond donors (Lipinski definition) is 0. The van der Waals surface area contributed by atoms with Gasteiger partial charge in [0, 0.05) is 24.4 Å². The van der Waals surface area contributed by atoms with Gasteiger partial charge in [-0.25, -0.2) is 0 Å². The second-order valence-electron chi connectivity index (χ2n) is 3.93. The van der Waals surface area contributed by atoms with Gasteiger partial charge in [-0.15, -0.1) is 11.6 Å². The molecule has 5 heteroatoms. The van der Waals surface area contributed by atoms with Crippen molar-refractivity contribution in [2.24, 2.45) is 0 Å². The van der Waals surface area contributed by atoms with Gasteiger partial charge in [0.15, 0.2) is 0 Å². The summed E-state index contributed by atoms with van der Waals surface area (Å²) in [5.74, 6) is 0.688. The molecule has 1 rings (SSSR count). The SMILES string of the molecule is COc1c(C)cnc(CN(C)C(=O)CCl)c1C. The maximum Gasteiger partial charge on any atom is 0.237 e. The van der Waals surface area contributed by atoms with Crippen molar-refractivity contribution in [3.63, 3.8) is 0 Å². The third kappa shape index (κ3) is 3.09. The predicted molar refractivity (Wildman–Crippen MR) is 67.5 cm³/mol. The minimum Gasteiger partial charge on any atom is -0.496 e. The lowest BCUT2D eigenvalue weighted by Crippen LogP contribution is -2.28. The Bertz CT molecular complexity index is 421. The summed E-state index contributed by atoms with van der Waals surface area (Å²) >= 11 is 5.50. The zero-order valence-corrected chi connectivity index (χ0v) is 11.3. The van der Waals surface area contributed by atoms with E-state index in [4.69, 9.17) is 16.3 Å². The number of nitrogens with zero attached hydrogens (tertiary/aromatic N) is 2. The van der Waals surface area contributed by atoms with Crippen molar-refractivity contribution in [3.05, 3.63) is 23.0 Å². The first-order valence-corrected chi connectivity index (χ1v) is 5.83. The van der Waals surface area contributed by atoms with Gasteiger partial charge in [-0.2, -0.15) is 0 Å². The summed E-state index contributed by atoms with van der Waals surface area (Å²) < 4.78 is 5.32. The fraction of sp³-hybridized carbons (Fsp3) is 0.500.